The van der Waals surface area contributed by atoms with Crippen molar-refractivity contribution in [1.82, 2.24) is 5.32 Å². The van der Waals surface area contributed by atoms with E-state index in [1.807, 2.05) is 51.1 Å². The normalized spacial score (nSPS) is 14.5. The number of esters is 2. The number of rotatable bonds is 11. The SMILES string of the molecule is CCOC(=O)[C@@H](N[C@H](c1ccccc1)[C@H](OCC)C(=O)OCC)C(C)C. The molecule has 1 N–H and O–H groups in total. The van der Waals surface area contributed by atoms with Crippen LogP contribution >= 0.6 is 0 Å². The van der Waals surface area contributed by atoms with Crippen LogP contribution in [0.5, 0.6) is 0 Å². The van der Waals surface area contributed by atoms with Crippen molar-refractivity contribution in [3.8, 4) is 0 Å². The van der Waals surface area contributed by atoms with Crippen molar-refractivity contribution in [1.29, 1.82) is 0 Å². The summed E-state index contributed by atoms with van der Waals surface area (Å²) < 4.78 is 16.1. The first-order valence-electron chi connectivity index (χ1n) is 9.21. The second kappa shape index (κ2) is 11.6. The summed E-state index contributed by atoms with van der Waals surface area (Å²) in [6, 6.07) is 8.34. The van der Waals surface area contributed by atoms with E-state index < -0.39 is 24.2 Å². The summed E-state index contributed by atoms with van der Waals surface area (Å²) in [5, 5.41) is 3.28. The van der Waals surface area contributed by atoms with Gasteiger partial charge in [-0.25, -0.2) is 4.79 Å². The minimum absolute atomic E-state index is 0.0234. The predicted octanol–water partition coefficient (Wildman–Crippen LogP) is 2.87. The maximum atomic E-state index is 12.5. The van der Waals surface area contributed by atoms with Gasteiger partial charge in [0.15, 0.2) is 6.10 Å². The number of hydrogen-bond donors (Lipinski definition) is 1. The molecule has 3 atom stereocenters. The Morgan fingerprint density at radius 1 is 0.923 bits per heavy atom. The van der Waals surface area contributed by atoms with E-state index in [-0.39, 0.29) is 18.5 Å². The van der Waals surface area contributed by atoms with Gasteiger partial charge in [-0.15, -0.1) is 0 Å². The van der Waals surface area contributed by atoms with Gasteiger partial charge in [-0.3, -0.25) is 10.1 Å². The molecule has 0 amide bonds. The Morgan fingerprint density at radius 3 is 2.00 bits per heavy atom. The first kappa shape index (κ1) is 22.1. The monoisotopic (exact) mass is 365 g/mol. The molecule has 0 fully saturated rings. The van der Waals surface area contributed by atoms with E-state index in [0.29, 0.717) is 13.2 Å². The fraction of sp³-hybridized carbons (Fsp3) is 0.600. The fourth-order valence-corrected chi connectivity index (χ4v) is 2.68. The van der Waals surface area contributed by atoms with Gasteiger partial charge in [0.25, 0.3) is 0 Å². The van der Waals surface area contributed by atoms with Crippen molar-refractivity contribution in [2.75, 3.05) is 19.8 Å². The molecule has 0 bridgehead atoms. The fourth-order valence-electron chi connectivity index (χ4n) is 2.68. The summed E-state index contributed by atoms with van der Waals surface area (Å²) in [7, 11) is 0. The lowest BCUT2D eigenvalue weighted by molar-refractivity contribution is -0.160. The zero-order chi connectivity index (χ0) is 19.5. The zero-order valence-corrected chi connectivity index (χ0v) is 16.4. The van der Waals surface area contributed by atoms with Gasteiger partial charge in [-0.1, -0.05) is 44.2 Å². The number of nitrogens with one attached hydrogen (secondary N) is 1. The van der Waals surface area contributed by atoms with Crippen molar-refractivity contribution in [2.45, 2.75) is 52.8 Å². The smallest absolute Gasteiger partial charge is 0.337 e. The summed E-state index contributed by atoms with van der Waals surface area (Å²) in [5.41, 5.74) is 0.842. The van der Waals surface area contributed by atoms with Crippen molar-refractivity contribution in [3.05, 3.63) is 35.9 Å². The molecule has 0 saturated heterocycles. The van der Waals surface area contributed by atoms with Gasteiger partial charge in [0, 0.05) is 6.61 Å². The highest BCUT2D eigenvalue weighted by atomic mass is 16.6. The average molecular weight is 365 g/mol. The van der Waals surface area contributed by atoms with Gasteiger partial charge in [-0.2, -0.15) is 0 Å². The molecule has 1 aromatic carbocycles. The number of benzene rings is 1. The van der Waals surface area contributed by atoms with E-state index in [9.17, 15) is 9.59 Å². The van der Waals surface area contributed by atoms with Crippen LogP contribution in [0.15, 0.2) is 30.3 Å². The van der Waals surface area contributed by atoms with Crippen LogP contribution in [0, 0.1) is 5.92 Å². The molecule has 1 aromatic rings. The highest BCUT2D eigenvalue weighted by Crippen LogP contribution is 2.23. The lowest BCUT2D eigenvalue weighted by Crippen LogP contribution is -2.49. The molecule has 6 heteroatoms. The lowest BCUT2D eigenvalue weighted by atomic mass is 9.96. The summed E-state index contributed by atoms with van der Waals surface area (Å²) in [6.45, 7) is 10.1. The maximum absolute atomic E-state index is 12.5. The molecule has 0 unspecified atom stereocenters. The highest BCUT2D eigenvalue weighted by molar-refractivity contribution is 5.78. The second-order valence-corrected chi connectivity index (χ2v) is 6.16. The largest absolute Gasteiger partial charge is 0.465 e. The molecular weight excluding hydrogens is 334 g/mol. The average Bonchev–Trinajstić information content (AvgIpc) is 2.62. The molecule has 6 nitrogen and oxygen atoms in total. The molecule has 0 radical (unpaired) electrons. The first-order chi connectivity index (χ1) is 12.5. The highest BCUT2D eigenvalue weighted by Gasteiger charge is 2.36. The minimum atomic E-state index is -0.863. The van der Waals surface area contributed by atoms with Crippen LogP contribution in [0.25, 0.3) is 0 Å². The zero-order valence-electron chi connectivity index (χ0n) is 16.4. The van der Waals surface area contributed by atoms with E-state index in [4.69, 9.17) is 14.2 Å². The van der Waals surface area contributed by atoms with Gasteiger partial charge in [0.1, 0.15) is 6.04 Å². The molecule has 26 heavy (non-hydrogen) atoms. The number of ether oxygens (including phenoxy) is 3. The molecule has 0 spiro atoms. The summed E-state index contributed by atoms with van der Waals surface area (Å²) in [4.78, 5) is 24.9. The van der Waals surface area contributed by atoms with E-state index >= 15 is 0 Å². The molecular formula is C20H31NO5. The molecule has 0 aliphatic rings. The molecule has 0 saturated carbocycles. The molecule has 146 valence electrons. The van der Waals surface area contributed by atoms with Crippen LogP contribution in [-0.2, 0) is 23.8 Å². The Balaban J connectivity index is 3.21. The Hall–Kier alpha value is -1.92. The third-order valence-corrected chi connectivity index (χ3v) is 3.89. The molecule has 0 heterocycles. The Labute approximate surface area is 156 Å². The van der Waals surface area contributed by atoms with Crippen LogP contribution in [0.4, 0.5) is 0 Å². The Kier molecular flexibility index (Phi) is 9.91. The van der Waals surface area contributed by atoms with Crippen molar-refractivity contribution >= 4 is 11.9 Å². The lowest BCUT2D eigenvalue weighted by Gasteiger charge is -2.31. The van der Waals surface area contributed by atoms with Gasteiger partial charge >= 0.3 is 11.9 Å². The number of carbonyl (C=O) groups excluding carboxylic acids is 2. The number of carbonyl (C=O) groups is 2. The van der Waals surface area contributed by atoms with Crippen LogP contribution in [0.1, 0.15) is 46.2 Å². The first-order valence-corrected chi connectivity index (χ1v) is 9.21. The van der Waals surface area contributed by atoms with E-state index in [2.05, 4.69) is 5.32 Å². The van der Waals surface area contributed by atoms with E-state index in [0.717, 1.165) is 5.56 Å². The van der Waals surface area contributed by atoms with Crippen LogP contribution < -0.4 is 5.32 Å². The molecule has 0 aromatic heterocycles. The minimum Gasteiger partial charge on any atom is -0.465 e. The van der Waals surface area contributed by atoms with Gasteiger partial charge in [-0.05, 0) is 32.3 Å². The third kappa shape index (κ3) is 6.42. The van der Waals surface area contributed by atoms with E-state index in [1.165, 1.54) is 0 Å². The Morgan fingerprint density at radius 2 is 1.50 bits per heavy atom. The maximum Gasteiger partial charge on any atom is 0.337 e. The van der Waals surface area contributed by atoms with Crippen LogP contribution in [0.2, 0.25) is 0 Å². The predicted molar refractivity (Wildman–Crippen MR) is 99.6 cm³/mol. The quantitative estimate of drug-likeness (QED) is 0.608. The van der Waals surface area contributed by atoms with Crippen LogP contribution in [0.3, 0.4) is 0 Å². The van der Waals surface area contributed by atoms with Crippen molar-refractivity contribution < 1.29 is 23.8 Å². The molecule has 0 aliphatic heterocycles. The summed E-state index contributed by atoms with van der Waals surface area (Å²) in [6.07, 6.45) is -0.863. The standard InChI is InChI=1S/C20H31NO5/c1-6-24-18(20(23)26-8-3)17(15-12-10-9-11-13-15)21-16(14(4)5)19(22)25-7-2/h9-14,16-18,21H,6-8H2,1-5H3/t16-,17+,18-/m0/s1. The second-order valence-electron chi connectivity index (χ2n) is 6.16. The van der Waals surface area contributed by atoms with Crippen molar-refractivity contribution in [2.24, 2.45) is 5.92 Å². The van der Waals surface area contributed by atoms with Crippen LogP contribution in [-0.4, -0.2) is 43.9 Å². The Bertz CT molecular complexity index is 546. The number of hydrogen-bond acceptors (Lipinski definition) is 6. The topological polar surface area (TPSA) is 73.9 Å². The summed E-state index contributed by atoms with van der Waals surface area (Å²) in [5.74, 6) is -0.825. The van der Waals surface area contributed by atoms with Crippen molar-refractivity contribution in [3.63, 3.8) is 0 Å². The van der Waals surface area contributed by atoms with E-state index in [1.54, 1.807) is 13.8 Å². The third-order valence-electron chi connectivity index (χ3n) is 3.89. The van der Waals surface area contributed by atoms with Gasteiger partial charge < -0.3 is 14.2 Å². The molecule has 0 aliphatic carbocycles. The summed E-state index contributed by atoms with van der Waals surface area (Å²) >= 11 is 0. The molecule has 1 rings (SSSR count). The van der Waals surface area contributed by atoms with Gasteiger partial charge in [0.05, 0.1) is 19.3 Å². The van der Waals surface area contributed by atoms with Gasteiger partial charge in [0.2, 0.25) is 0 Å².